The fraction of sp³-hybridized carbons (Fsp3) is 0.412. The smallest absolute Gasteiger partial charge is 0.237 e. The molecule has 0 saturated heterocycles. The molecule has 0 unspecified atom stereocenters. The maximum absolute atomic E-state index is 12.4. The van der Waals surface area contributed by atoms with E-state index in [9.17, 15) is 4.79 Å². The quantitative estimate of drug-likeness (QED) is 0.773. The molecule has 1 amide bonds. The summed E-state index contributed by atoms with van der Waals surface area (Å²) in [6.07, 6.45) is 6.72. The highest BCUT2D eigenvalue weighted by molar-refractivity contribution is 8.00. The molecule has 0 radical (unpaired) electrons. The molecule has 0 heterocycles. The summed E-state index contributed by atoms with van der Waals surface area (Å²) in [4.78, 5) is 15.3. The lowest BCUT2D eigenvalue weighted by atomic mass is 10.0. The van der Waals surface area contributed by atoms with Crippen molar-refractivity contribution >= 4 is 17.7 Å². The number of amides is 1. The summed E-state index contributed by atoms with van der Waals surface area (Å²) in [6.45, 7) is 2.76. The molecule has 21 heavy (non-hydrogen) atoms. The minimum Gasteiger partial charge on any atom is -0.316 e. The largest absolute Gasteiger partial charge is 0.316 e. The molecule has 0 aliphatic heterocycles. The Kier molecular flexibility index (Phi) is 5.89. The molecule has 0 saturated carbocycles. The van der Waals surface area contributed by atoms with E-state index < -0.39 is 0 Å². The Labute approximate surface area is 130 Å². The molecule has 0 fully saturated rings. The van der Waals surface area contributed by atoms with Crippen LogP contribution in [0.25, 0.3) is 0 Å². The second kappa shape index (κ2) is 7.90. The third kappa shape index (κ3) is 4.37. The number of nitriles is 1. The van der Waals surface area contributed by atoms with Crippen LogP contribution in [0.4, 0.5) is 0 Å². The summed E-state index contributed by atoms with van der Waals surface area (Å²) < 4.78 is 0. The van der Waals surface area contributed by atoms with Crippen molar-refractivity contribution in [3.63, 3.8) is 0 Å². The zero-order chi connectivity index (χ0) is 15.1. The van der Waals surface area contributed by atoms with Gasteiger partial charge in [-0.2, -0.15) is 5.26 Å². The fourth-order valence-corrected chi connectivity index (χ4v) is 3.23. The molecule has 3 nitrogen and oxygen atoms in total. The van der Waals surface area contributed by atoms with Gasteiger partial charge < -0.3 is 4.90 Å². The average molecular weight is 300 g/mol. The number of carbonyl (C=O) groups is 1. The predicted octanol–water partition coefficient (Wildman–Crippen LogP) is 3.96. The Morgan fingerprint density at radius 1 is 1.33 bits per heavy atom. The van der Waals surface area contributed by atoms with Gasteiger partial charge in [0.25, 0.3) is 0 Å². The monoisotopic (exact) mass is 300 g/mol. The molecule has 0 spiro atoms. The van der Waals surface area contributed by atoms with E-state index in [1.165, 1.54) is 30.3 Å². The van der Waals surface area contributed by atoms with E-state index in [0.717, 1.165) is 24.3 Å². The van der Waals surface area contributed by atoms with Gasteiger partial charge in [-0.25, -0.2) is 0 Å². The molecule has 0 aromatic heterocycles. The van der Waals surface area contributed by atoms with Gasteiger partial charge in [0.2, 0.25) is 5.91 Å². The van der Waals surface area contributed by atoms with Gasteiger partial charge >= 0.3 is 0 Å². The Hall–Kier alpha value is -1.73. The molecular formula is C17H20N2OS. The van der Waals surface area contributed by atoms with Gasteiger partial charge in [0, 0.05) is 17.1 Å². The molecule has 2 rings (SSSR count). The van der Waals surface area contributed by atoms with E-state index in [4.69, 9.17) is 5.26 Å². The average Bonchev–Trinajstić information content (AvgIpc) is 2.55. The van der Waals surface area contributed by atoms with Crippen LogP contribution < -0.4 is 0 Å². The topological polar surface area (TPSA) is 44.1 Å². The molecule has 1 aliphatic carbocycles. The summed E-state index contributed by atoms with van der Waals surface area (Å²) in [5.41, 5.74) is 1.84. The summed E-state index contributed by atoms with van der Waals surface area (Å²) >= 11 is 1.53. The Morgan fingerprint density at radius 3 is 2.67 bits per heavy atom. The highest BCUT2D eigenvalue weighted by atomic mass is 32.2. The lowest BCUT2D eigenvalue weighted by Gasteiger charge is -2.26. The molecule has 0 N–H and O–H groups in total. The molecule has 1 aromatic rings. The number of benzene rings is 1. The van der Waals surface area contributed by atoms with E-state index in [1.807, 2.05) is 24.0 Å². The van der Waals surface area contributed by atoms with Gasteiger partial charge in [-0.1, -0.05) is 6.08 Å². The molecule has 4 heteroatoms. The van der Waals surface area contributed by atoms with Crippen LogP contribution in [0.1, 0.15) is 38.2 Å². The first-order valence-corrected chi connectivity index (χ1v) is 8.35. The molecule has 1 aromatic carbocycles. The first kappa shape index (κ1) is 15.7. The second-order valence-corrected chi connectivity index (χ2v) is 6.05. The van der Waals surface area contributed by atoms with Crippen molar-refractivity contribution in [2.45, 2.75) is 37.5 Å². The first-order chi connectivity index (χ1) is 10.2. The maximum atomic E-state index is 12.4. The minimum atomic E-state index is 0.167. The van der Waals surface area contributed by atoms with E-state index in [-0.39, 0.29) is 5.91 Å². The van der Waals surface area contributed by atoms with E-state index in [1.54, 1.807) is 12.1 Å². The van der Waals surface area contributed by atoms with Crippen molar-refractivity contribution < 1.29 is 4.79 Å². The number of carbonyl (C=O) groups excluding carboxylic acids is 1. The van der Waals surface area contributed by atoms with Crippen LogP contribution in [-0.2, 0) is 4.79 Å². The van der Waals surface area contributed by atoms with Crippen LogP contribution in [-0.4, -0.2) is 23.1 Å². The summed E-state index contributed by atoms with van der Waals surface area (Å²) in [5.74, 6) is 0.608. The molecule has 0 atom stereocenters. The lowest BCUT2D eigenvalue weighted by Crippen LogP contribution is -2.32. The van der Waals surface area contributed by atoms with Gasteiger partial charge in [-0.15, -0.1) is 11.8 Å². The highest BCUT2D eigenvalue weighted by Gasteiger charge is 2.17. The Morgan fingerprint density at radius 2 is 2.10 bits per heavy atom. The van der Waals surface area contributed by atoms with Gasteiger partial charge in [0.1, 0.15) is 0 Å². The summed E-state index contributed by atoms with van der Waals surface area (Å²) in [5, 5.41) is 8.77. The number of nitrogens with zero attached hydrogens (tertiary/aromatic N) is 2. The number of allylic oxidation sites excluding steroid dienone is 2. The van der Waals surface area contributed by atoms with E-state index in [0.29, 0.717) is 11.3 Å². The number of hydrogen-bond donors (Lipinski definition) is 0. The minimum absolute atomic E-state index is 0.167. The second-order valence-electron chi connectivity index (χ2n) is 5.00. The highest BCUT2D eigenvalue weighted by Crippen LogP contribution is 2.23. The van der Waals surface area contributed by atoms with Crippen LogP contribution in [0.5, 0.6) is 0 Å². The summed E-state index contributed by atoms with van der Waals surface area (Å²) in [6, 6.07) is 9.46. The van der Waals surface area contributed by atoms with Crippen LogP contribution in [0.15, 0.2) is 40.9 Å². The van der Waals surface area contributed by atoms with Gasteiger partial charge in [-0.05, 0) is 56.9 Å². The lowest BCUT2D eigenvalue weighted by molar-refractivity contribution is -0.126. The van der Waals surface area contributed by atoms with Crippen LogP contribution in [0.2, 0.25) is 0 Å². The van der Waals surface area contributed by atoms with Crippen molar-refractivity contribution in [3.05, 3.63) is 41.6 Å². The molecule has 1 aliphatic rings. The third-order valence-corrected chi connectivity index (χ3v) is 4.57. The van der Waals surface area contributed by atoms with Gasteiger partial charge in [0.05, 0.1) is 17.4 Å². The van der Waals surface area contributed by atoms with Crippen molar-refractivity contribution in [1.29, 1.82) is 5.26 Å². The number of thioether (sulfide) groups is 1. The van der Waals surface area contributed by atoms with Gasteiger partial charge in [-0.3, -0.25) is 4.79 Å². The standard InChI is InChI=1S/C17H20N2OS/c1-2-19(15-6-4-3-5-7-15)17(20)13-21-16-10-8-14(12-18)9-11-16/h6,8-11H,2-5,7,13H2,1H3. The summed E-state index contributed by atoms with van der Waals surface area (Å²) in [7, 11) is 0. The Balaban J connectivity index is 1.93. The predicted molar refractivity (Wildman–Crippen MR) is 85.8 cm³/mol. The van der Waals surface area contributed by atoms with Crippen LogP contribution in [0.3, 0.4) is 0 Å². The third-order valence-electron chi connectivity index (χ3n) is 3.58. The van der Waals surface area contributed by atoms with Crippen molar-refractivity contribution in [2.75, 3.05) is 12.3 Å². The van der Waals surface area contributed by atoms with Crippen molar-refractivity contribution in [2.24, 2.45) is 0 Å². The first-order valence-electron chi connectivity index (χ1n) is 7.37. The van der Waals surface area contributed by atoms with E-state index >= 15 is 0 Å². The number of rotatable bonds is 5. The van der Waals surface area contributed by atoms with Crippen molar-refractivity contribution in [1.82, 2.24) is 4.90 Å². The molecule has 0 bridgehead atoms. The zero-order valence-electron chi connectivity index (χ0n) is 12.3. The van der Waals surface area contributed by atoms with Gasteiger partial charge in [0.15, 0.2) is 0 Å². The van der Waals surface area contributed by atoms with Crippen molar-refractivity contribution in [3.8, 4) is 6.07 Å². The van der Waals surface area contributed by atoms with E-state index in [2.05, 4.69) is 12.1 Å². The fourth-order valence-electron chi connectivity index (χ4n) is 2.45. The SMILES string of the molecule is CCN(C(=O)CSc1ccc(C#N)cc1)C1=CCCCC1. The van der Waals surface area contributed by atoms with Crippen LogP contribution >= 0.6 is 11.8 Å². The zero-order valence-corrected chi connectivity index (χ0v) is 13.2. The molecule has 110 valence electrons. The number of hydrogen-bond acceptors (Lipinski definition) is 3. The van der Waals surface area contributed by atoms with Crippen LogP contribution in [0, 0.1) is 11.3 Å². The Bertz CT molecular complexity index is 557. The molecular weight excluding hydrogens is 280 g/mol. The maximum Gasteiger partial charge on any atom is 0.237 e. The normalized spacial score (nSPS) is 14.2.